The fourth-order valence-corrected chi connectivity index (χ4v) is 3.53. The smallest absolute Gasteiger partial charge is 0.277 e. The number of hydrogen-bond donors (Lipinski definition) is 3. The highest BCUT2D eigenvalue weighted by Gasteiger charge is 2.30. The van der Waals surface area contributed by atoms with Crippen LogP contribution in [-0.2, 0) is 14.8 Å². The van der Waals surface area contributed by atoms with Gasteiger partial charge in [-0.15, -0.1) is 12.4 Å². The molecule has 0 bridgehead atoms. The molecule has 146 valence electrons. The molecule has 1 aromatic carbocycles. The van der Waals surface area contributed by atoms with Crippen LogP contribution in [0.2, 0.25) is 0 Å². The molecule has 1 aliphatic heterocycles. The summed E-state index contributed by atoms with van der Waals surface area (Å²) in [5.74, 6) is -4.38. The summed E-state index contributed by atoms with van der Waals surface area (Å²) in [5.41, 5.74) is 4.91. The van der Waals surface area contributed by atoms with E-state index in [0.717, 1.165) is 4.31 Å². The standard InChI is InChI=1S/C14H18F2N4O4S.ClH/c15-14(16,8-17)9-19-13(22)10-1-3-11(4-2-10)25(23,24)20-6-5-18-12(21)7-20;/h1-4H,5-9,17H2,(H,18,21)(H,19,22);1H. The molecule has 0 saturated carbocycles. The van der Waals surface area contributed by atoms with Crippen molar-refractivity contribution < 1.29 is 26.8 Å². The molecule has 1 aliphatic rings. The van der Waals surface area contributed by atoms with Crippen molar-refractivity contribution in [1.29, 1.82) is 0 Å². The van der Waals surface area contributed by atoms with Gasteiger partial charge in [0, 0.05) is 18.7 Å². The summed E-state index contributed by atoms with van der Waals surface area (Å²) in [6, 6.07) is 4.81. The molecule has 1 saturated heterocycles. The SMILES string of the molecule is Cl.NCC(F)(F)CNC(=O)c1ccc(S(=O)(=O)N2CCNC(=O)C2)cc1. The number of nitrogens with zero attached hydrogens (tertiary/aromatic N) is 1. The second-order valence-electron chi connectivity index (χ2n) is 5.46. The summed E-state index contributed by atoms with van der Waals surface area (Å²) in [4.78, 5) is 23.1. The first-order valence-electron chi connectivity index (χ1n) is 7.39. The first-order chi connectivity index (χ1) is 11.7. The molecule has 0 spiro atoms. The average molecular weight is 413 g/mol. The molecule has 0 atom stereocenters. The Morgan fingerprint density at radius 2 is 1.92 bits per heavy atom. The van der Waals surface area contributed by atoms with Crippen molar-refractivity contribution in [1.82, 2.24) is 14.9 Å². The Morgan fingerprint density at radius 3 is 2.46 bits per heavy atom. The lowest BCUT2D eigenvalue weighted by Crippen LogP contribution is -2.49. The molecule has 1 fully saturated rings. The third kappa shape index (κ3) is 5.34. The van der Waals surface area contributed by atoms with Crippen LogP contribution in [0.4, 0.5) is 8.78 Å². The van der Waals surface area contributed by atoms with E-state index in [1.807, 2.05) is 5.32 Å². The summed E-state index contributed by atoms with van der Waals surface area (Å²) in [7, 11) is -3.87. The maximum atomic E-state index is 13.0. The van der Waals surface area contributed by atoms with Gasteiger partial charge >= 0.3 is 0 Å². The quantitative estimate of drug-likeness (QED) is 0.584. The zero-order valence-corrected chi connectivity index (χ0v) is 15.2. The Labute approximate surface area is 155 Å². The highest BCUT2D eigenvalue weighted by molar-refractivity contribution is 7.89. The molecule has 4 N–H and O–H groups in total. The van der Waals surface area contributed by atoms with Gasteiger partial charge in [0.25, 0.3) is 11.8 Å². The van der Waals surface area contributed by atoms with E-state index in [9.17, 15) is 26.8 Å². The van der Waals surface area contributed by atoms with Gasteiger partial charge in [-0.2, -0.15) is 4.31 Å². The van der Waals surface area contributed by atoms with Gasteiger partial charge in [-0.1, -0.05) is 0 Å². The summed E-state index contributed by atoms with van der Waals surface area (Å²) in [6.07, 6.45) is 0. The van der Waals surface area contributed by atoms with Gasteiger partial charge in [0.2, 0.25) is 15.9 Å². The van der Waals surface area contributed by atoms with Crippen LogP contribution in [-0.4, -0.2) is 63.2 Å². The van der Waals surface area contributed by atoms with E-state index in [-0.39, 0.29) is 42.5 Å². The van der Waals surface area contributed by atoms with Crippen molar-refractivity contribution in [3.63, 3.8) is 0 Å². The van der Waals surface area contributed by atoms with E-state index in [4.69, 9.17) is 5.73 Å². The fourth-order valence-electron chi connectivity index (χ4n) is 2.13. The number of hydrogen-bond acceptors (Lipinski definition) is 5. The van der Waals surface area contributed by atoms with Crippen LogP contribution >= 0.6 is 12.4 Å². The first kappa shape index (κ1) is 22.2. The number of rotatable bonds is 6. The Balaban J connectivity index is 0.00000338. The van der Waals surface area contributed by atoms with E-state index < -0.39 is 40.8 Å². The first-order valence-corrected chi connectivity index (χ1v) is 8.83. The number of carbonyl (C=O) groups is 2. The number of sulfonamides is 1. The minimum absolute atomic E-state index is 0. The van der Waals surface area contributed by atoms with Gasteiger partial charge in [0.15, 0.2) is 0 Å². The van der Waals surface area contributed by atoms with Crippen molar-refractivity contribution in [3.8, 4) is 0 Å². The molecule has 0 radical (unpaired) electrons. The van der Waals surface area contributed by atoms with Crippen molar-refractivity contribution in [2.24, 2.45) is 5.73 Å². The minimum atomic E-state index is -3.87. The number of nitrogens with two attached hydrogens (primary N) is 1. The van der Waals surface area contributed by atoms with E-state index in [0.29, 0.717) is 0 Å². The molecule has 1 aromatic rings. The van der Waals surface area contributed by atoms with Gasteiger partial charge in [-0.25, -0.2) is 17.2 Å². The van der Waals surface area contributed by atoms with Crippen LogP contribution in [0, 0.1) is 0 Å². The largest absolute Gasteiger partial charge is 0.354 e. The number of alkyl halides is 2. The molecular weight excluding hydrogens is 394 g/mol. The summed E-state index contributed by atoms with van der Waals surface area (Å²) < 4.78 is 52.0. The number of carbonyl (C=O) groups excluding carboxylic acids is 2. The second-order valence-corrected chi connectivity index (χ2v) is 7.39. The Morgan fingerprint density at radius 1 is 1.31 bits per heavy atom. The van der Waals surface area contributed by atoms with Gasteiger partial charge in [-0.05, 0) is 24.3 Å². The number of piperazine rings is 1. The molecule has 12 heteroatoms. The maximum Gasteiger partial charge on any atom is 0.277 e. The number of benzene rings is 1. The predicted molar refractivity (Wildman–Crippen MR) is 91.8 cm³/mol. The summed E-state index contributed by atoms with van der Waals surface area (Å²) in [6.45, 7) is -1.73. The van der Waals surface area contributed by atoms with E-state index in [1.165, 1.54) is 24.3 Å². The van der Waals surface area contributed by atoms with Gasteiger partial charge in [-0.3, -0.25) is 9.59 Å². The van der Waals surface area contributed by atoms with Crippen LogP contribution < -0.4 is 16.4 Å². The minimum Gasteiger partial charge on any atom is -0.354 e. The van der Waals surface area contributed by atoms with Gasteiger partial charge < -0.3 is 16.4 Å². The molecule has 0 aliphatic carbocycles. The Kier molecular flexibility index (Phi) is 7.45. The molecule has 26 heavy (non-hydrogen) atoms. The summed E-state index contributed by atoms with van der Waals surface area (Å²) in [5, 5.41) is 4.56. The van der Waals surface area contributed by atoms with Gasteiger partial charge in [0.1, 0.15) is 0 Å². The van der Waals surface area contributed by atoms with Crippen LogP contribution in [0.25, 0.3) is 0 Å². The molecule has 1 heterocycles. The van der Waals surface area contributed by atoms with Crippen LogP contribution in [0.15, 0.2) is 29.2 Å². The highest BCUT2D eigenvalue weighted by atomic mass is 35.5. The molecule has 2 rings (SSSR count). The molecule has 0 unspecified atom stereocenters. The highest BCUT2D eigenvalue weighted by Crippen LogP contribution is 2.17. The molecule has 8 nitrogen and oxygen atoms in total. The van der Waals surface area contributed by atoms with Crippen molar-refractivity contribution in [2.45, 2.75) is 10.8 Å². The van der Waals surface area contributed by atoms with Crippen molar-refractivity contribution in [3.05, 3.63) is 29.8 Å². The average Bonchev–Trinajstić information content (AvgIpc) is 2.60. The number of halogens is 3. The zero-order chi connectivity index (χ0) is 18.7. The van der Waals surface area contributed by atoms with Crippen molar-refractivity contribution in [2.75, 3.05) is 32.7 Å². The normalized spacial score (nSPS) is 15.7. The van der Waals surface area contributed by atoms with E-state index in [1.54, 1.807) is 0 Å². The third-order valence-corrected chi connectivity index (χ3v) is 5.42. The number of amides is 2. The second kappa shape index (κ2) is 8.71. The van der Waals surface area contributed by atoms with E-state index >= 15 is 0 Å². The van der Waals surface area contributed by atoms with Gasteiger partial charge in [0.05, 0.1) is 24.5 Å². The summed E-state index contributed by atoms with van der Waals surface area (Å²) >= 11 is 0. The Hall–Kier alpha value is -1.82. The monoisotopic (exact) mass is 412 g/mol. The lowest BCUT2D eigenvalue weighted by atomic mass is 10.2. The lowest BCUT2D eigenvalue weighted by Gasteiger charge is -2.25. The predicted octanol–water partition coefficient (Wildman–Crippen LogP) is -0.447. The lowest BCUT2D eigenvalue weighted by molar-refractivity contribution is -0.122. The maximum absolute atomic E-state index is 13.0. The van der Waals surface area contributed by atoms with Crippen LogP contribution in [0.3, 0.4) is 0 Å². The van der Waals surface area contributed by atoms with Crippen LogP contribution in [0.1, 0.15) is 10.4 Å². The molecule has 0 aromatic heterocycles. The molecular formula is C14H19ClF2N4O4S. The Bertz CT molecular complexity index is 759. The van der Waals surface area contributed by atoms with E-state index in [2.05, 4.69) is 5.32 Å². The van der Waals surface area contributed by atoms with Crippen LogP contribution in [0.5, 0.6) is 0 Å². The topological polar surface area (TPSA) is 122 Å². The zero-order valence-electron chi connectivity index (χ0n) is 13.6. The number of nitrogens with one attached hydrogen (secondary N) is 2. The molecule has 2 amide bonds. The third-order valence-electron chi connectivity index (χ3n) is 3.56. The fraction of sp³-hybridized carbons (Fsp3) is 0.429. The van der Waals surface area contributed by atoms with Crippen molar-refractivity contribution >= 4 is 34.2 Å².